The van der Waals surface area contributed by atoms with Gasteiger partial charge in [-0.2, -0.15) is 4.68 Å². The molecule has 10 heteroatoms. The van der Waals surface area contributed by atoms with Gasteiger partial charge in [-0.05, 0) is 24.3 Å². The number of rotatable bonds is 6. The molecular formula is C18H14F2N4O4. The van der Waals surface area contributed by atoms with Gasteiger partial charge in [0.2, 0.25) is 0 Å². The third-order valence-electron chi connectivity index (χ3n) is 3.77. The Morgan fingerprint density at radius 3 is 2.71 bits per heavy atom. The van der Waals surface area contributed by atoms with Crippen molar-refractivity contribution in [3.63, 3.8) is 0 Å². The number of esters is 1. The van der Waals surface area contributed by atoms with Gasteiger partial charge in [-0.1, -0.05) is 17.3 Å². The zero-order chi connectivity index (χ0) is 20.1. The molecule has 3 rings (SSSR count). The molecule has 0 radical (unpaired) electrons. The lowest BCUT2D eigenvalue weighted by Gasteiger charge is -2.08. The number of halogens is 2. The van der Waals surface area contributed by atoms with E-state index >= 15 is 0 Å². The van der Waals surface area contributed by atoms with Gasteiger partial charge in [0.05, 0.1) is 17.4 Å². The second kappa shape index (κ2) is 8.33. The highest BCUT2D eigenvalue weighted by molar-refractivity contribution is 5.94. The molecule has 28 heavy (non-hydrogen) atoms. The van der Waals surface area contributed by atoms with E-state index in [1.54, 1.807) is 24.3 Å². The van der Waals surface area contributed by atoms with E-state index in [1.807, 2.05) is 0 Å². The molecule has 0 spiro atoms. The molecule has 0 saturated carbocycles. The average Bonchev–Trinajstić information content (AvgIpc) is 2.67. The molecule has 0 unspecified atom stereocenters. The van der Waals surface area contributed by atoms with Crippen LogP contribution in [0.25, 0.3) is 10.9 Å². The van der Waals surface area contributed by atoms with E-state index in [0.717, 1.165) is 16.8 Å². The highest BCUT2D eigenvalue weighted by atomic mass is 19.1. The Labute approximate surface area is 156 Å². The zero-order valence-corrected chi connectivity index (χ0v) is 14.4. The van der Waals surface area contributed by atoms with Crippen LogP contribution in [0.4, 0.5) is 8.78 Å². The third-order valence-corrected chi connectivity index (χ3v) is 3.77. The highest BCUT2D eigenvalue weighted by Gasteiger charge is 2.13. The number of benzene rings is 2. The fraction of sp³-hybridized carbons (Fsp3) is 0.167. The van der Waals surface area contributed by atoms with Crippen LogP contribution in [-0.2, 0) is 16.3 Å². The first-order valence-corrected chi connectivity index (χ1v) is 8.17. The van der Waals surface area contributed by atoms with Crippen LogP contribution in [0.2, 0.25) is 0 Å². The summed E-state index contributed by atoms with van der Waals surface area (Å²) in [6.07, 6.45) is -0.218. The fourth-order valence-corrected chi connectivity index (χ4v) is 2.36. The molecule has 1 heterocycles. The molecule has 2 aromatic carbocycles. The van der Waals surface area contributed by atoms with Crippen LogP contribution in [0.5, 0.6) is 0 Å². The minimum Gasteiger partial charge on any atom is -0.442 e. The summed E-state index contributed by atoms with van der Waals surface area (Å²) >= 11 is 0. The van der Waals surface area contributed by atoms with Crippen molar-refractivity contribution in [1.82, 2.24) is 20.3 Å². The van der Waals surface area contributed by atoms with E-state index in [-0.39, 0.29) is 18.5 Å². The zero-order valence-electron chi connectivity index (χ0n) is 14.4. The summed E-state index contributed by atoms with van der Waals surface area (Å²) in [6, 6.07) is 9.14. The van der Waals surface area contributed by atoms with Crippen molar-refractivity contribution in [2.45, 2.75) is 13.2 Å². The molecule has 1 aromatic heterocycles. The maximum Gasteiger partial charge on any atom is 0.309 e. The molecule has 8 nitrogen and oxygen atoms in total. The molecule has 144 valence electrons. The van der Waals surface area contributed by atoms with E-state index in [1.165, 1.54) is 0 Å². The van der Waals surface area contributed by atoms with Crippen LogP contribution >= 0.6 is 0 Å². The molecule has 3 aromatic rings. The molecule has 0 aliphatic carbocycles. The molecule has 1 amide bonds. The lowest BCUT2D eigenvalue weighted by Crippen LogP contribution is -2.29. The molecular weight excluding hydrogens is 374 g/mol. The summed E-state index contributed by atoms with van der Waals surface area (Å²) in [6.45, 7) is -0.567. The minimum absolute atomic E-state index is 0.132. The second-order valence-corrected chi connectivity index (χ2v) is 5.69. The monoisotopic (exact) mass is 388 g/mol. The van der Waals surface area contributed by atoms with Crippen molar-refractivity contribution in [2.75, 3.05) is 6.54 Å². The number of aromatic nitrogens is 3. The summed E-state index contributed by atoms with van der Waals surface area (Å²) in [5.41, 5.74) is -0.378. The van der Waals surface area contributed by atoms with Crippen molar-refractivity contribution in [3.05, 3.63) is 70.0 Å². The maximum absolute atomic E-state index is 13.5. The van der Waals surface area contributed by atoms with Crippen LogP contribution in [0, 0.1) is 11.6 Å². The van der Waals surface area contributed by atoms with Crippen molar-refractivity contribution in [2.24, 2.45) is 0 Å². The summed E-state index contributed by atoms with van der Waals surface area (Å²) < 4.78 is 32.2. The Morgan fingerprint density at radius 1 is 1.14 bits per heavy atom. The summed E-state index contributed by atoms with van der Waals surface area (Å²) in [4.78, 5) is 35.8. The number of amides is 1. The molecule has 0 fully saturated rings. The second-order valence-electron chi connectivity index (χ2n) is 5.69. The van der Waals surface area contributed by atoms with Gasteiger partial charge in [0.25, 0.3) is 11.5 Å². The molecule has 0 atom stereocenters. The maximum atomic E-state index is 13.5. The Balaban J connectivity index is 1.50. The molecule has 0 bridgehead atoms. The number of nitrogens with one attached hydrogen (secondary N) is 1. The number of carbonyl (C=O) groups is 2. The Morgan fingerprint density at radius 2 is 1.93 bits per heavy atom. The van der Waals surface area contributed by atoms with Crippen LogP contribution in [0.15, 0.2) is 47.3 Å². The van der Waals surface area contributed by atoms with Gasteiger partial charge >= 0.3 is 5.97 Å². The van der Waals surface area contributed by atoms with Crippen molar-refractivity contribution in [3.8, 4) is 0 Å². The van der Waals surface area contributed by atoms with Gasteiger partial charge in [-0.25, -0.2) is 8.78 Å². The average molecular weight is 388 g/mol. The van der Waals surface area contributed by atoms with Gasteiger partial charge < -0.3 is 10.1 Å². The van der Waals surface area contributed by atoms with E-state index in [2.05, 4.69) is 15.6 Å². The summed E-state index contributed by atoms with van der Waals surface area (Å²) in [5, 5.41) is 10.2. The Kier molecular flexibility index (Phi) is 5.68. The van der Waals surface area contributed by atoms with E-state index in [9.17, 15) is 23.2 Å². The summed E-state index contributed by atoms with van der Waals surface area (Å²) in [5.74, 6) is -3.30. The first-order chi connectivity index (χ1) is 13.5. The smallest absolute Gasteiger partial charge is 0.309 e. The number of nitrogens with zero attached hydrogens (tertiary/aromatic N) is 3. The van der Waals surface area contributed by atoms with E-state index < -0.39 is 35.8 Å². The quantitative estimate of drug-likeness (QED) is 0.640. The van der Waals surface area contributed by atoms with Gasteiger partial charge in [0.15, 0.2) is 6.73 Å². The van der Waals surface area contributed by atoms with Crippen molar-refractivity contribution in [1.29, 1.82) is 0 Å². The predicted octanol–water partition coefficient (Wildman–Crippen LogP) is 1.39. The molecule has 0 aliphatic heterocycles. The van der Waals surface area contributed by atoms with Crippen LogP contribution in [0.1, 0.15) is 16.8 Å². The first-order valence-electron chi connectivity index (χ1n) is 8.17. The van der Waals surface area contributed by atoms with Gasteiger partial charge in [0, 0.05) is 12.6 Å². The molecule has 0 saturated heterocycles. The van der Waals surface area contributed by atoms with Crippen molar-refractivity contribution >= 4 is 22.8 Å². The number of fused-ring (bicyclic) bond motifs is 1. The number of ether oxygens (including phenoxy) is 1. The number of hydrogen-bond donors (Lipinski definition) is 1. The predicted molar refractivity (Wildman–Crippen MR) is 93.2 cm³/mol. The Bertz CT molecular complexity index is 1100. The van der Waals surface area contributed by atoms with Gasteiger partial charge in [0.1, 0.15) is 17.2 Å². The normalized spacial score (nSPS) is 10.6. The fourth-order valence-electron chi connectivity index (χ4n) is 2.36. The third kappa shape index (κ3) is 4.34. The minimum atomic E-state index is -1.01. The first kappa shape index (κ1) is 19.1. The lowest BCUT2D eigenvalue weighted by atomic mass is 10.2. The van der Waals surface area contributed by atoms with Crippen LogP contribution in [-0.4, -0.2) is 33.4 Å². The van der Waals surface area contributed by atoms with Gasteiger partial charge in [-0.15, -0.1) is 5.10 Å². The van der Waals surface area contributed by atoms with E-state index in [0.29, 0.717) is 17.0 Å². The summed E-state index contributed by atoms with van der Waals surface area (Å²) in [7, 11) is 0. The largest absolute Gasteiger partial charge is 0.442 e. The number of hydrogen-bond acceptors (Lipinski definition) is 6. The Hall–Kier alpha value is -3.69. The van der Waals surface area contributed by atoms with E-state index in [4.69, 9.17) is 4.74 Å². The lowest BCUT2D eigenvalue weighted by molar-refractivity contribution is -0.147. The van der Waals surface area contributed by atoms with Crippen LogP contribution in [0.3, 0.4) is 0 Å². The topological polar surface area (TPSA) is 103 Å². The molecule has 0 aliphatic rings. The van der Waals surface area contributed by atoms with Crippen LogP contribution < -0.4 is 10.9 Å². The molecule has 1 N–H and O–H groups in total. The SMILES string of the molecule is O=C(CCNC(=O)c1ccc(F)cc1F)OCn1nnc2ccccc2c1=O. The standard InChI is InChI=1S/C18H14F2N4O4/c19-11-5-6-12(14(20)9-11)17(26)21-8-7-16(25)28-10-24-18(27)13-3-1-2-4-15(13)22-23-24/h1-6,9H,7-8,10H2,(H,21,26). The van der Waals surface area contributed by atoms with Crippen molar-refractivity contribution < 1.29 is 23.1 Å². The van der Waals surface area contributed by atoms with Gasteiger partial charge in [-0.3, -0.25) is 14.4 Å². The highest BCUT2D eigenvalue weighted by Crippen LogP contribution is 2.09. The number of carbonyl (C=O) groups excluding carboxylic acids is 2.